The molecule has 4 aromatic carbocycles. The third-order valence-electron chi connectivity index (χ3n) is 5.75. The Balaban J connectivity index is 1.32. The van der Waals surface area contributed by atoms with Gasteiger partial charge in [-0.1, -0.05) is 48.5 Å². The number of anilines is 2. The summed E-state index contributed by atoms with van der Waals surface area (Å²) in [5.74, 6) is 0.0298. The molecule has 0 spiro atoms. The zero-order valence-electron chi connectivity index (χ0n) is 20.8. The first kappa shape index (κ1) is 27.1. The third kappa shape index (κ3) is 6.88. The molecule has 0 aromatic heterocycles. The van der Waals surface area contributed by atoms with Crippen LogP contribution >= 0.6 is 0 Å². The summed E-state index contributed by atoms with van der Waals surface area (Å²) in [6.45, 7) is -0.0337. The van der Waals surface area contributed by atoms with Crippen molar-refractivity contribution in [1.82, 2.24) is 4.31 Å². The van der Waals surface area contributed by atoms with E-state index < -0.39 is 26.0 Å². The zero-order valence-corrected chi connectivity index (χ0v) is 22.4. The van der Waals surface area contributed by atoms with Gasteiger partial charge < -0.3 is 10.1 Å². The molecule has 0 unspecified atom stereocenters. The molecule has 1 amide bonds. The van der Waals surface area contributed by atoms with Crippen molar-refractivity contribution in [2.45, 2.75) is 11.4 Å². The standard InChI is InChI=1S/C27H27N3O6S2/c1-30(37(2,32)33)18-20-10-14-23(15-11-20)36-19-27(31)28-22-12-16-24(17-13-22)38(34,35)29-26-9-5-7-21-6-3-4-8-25(21)26/h3-17,29H,18-19H2,1-2H3,(H,28,31). The Morgan fingerprint density at radius 3 is 2.18 bits per heavy atom. The maximum Gasteiger partial charge on any atom is 0.262 e. The third-order valence-corrected chi connectivity index (χ3v) is 8.39. The van der Waals surface area contributed by atoms with Crippen LogP contribution in [-0.4, -0.2) is 47.0 Å². The van der Waals surface area contributed by atoms with Gasteiger partial charge in [0, 0.05) is 24.7 Å². The van der Waals surface area contributed by atoms with Crippen molar-refractivity contribution in [1.29, 1.82) is 0 Å². The zero-order chi connectivity index (χ0) is 27.3. The molecule has 38 heavy (non-hydrogen) atoms. The van der Waals surface area contributed by atoms with Crippen LogP contribution in [-0.2, 0) is 31.4 Å². The van der Waals surface area contributed by atoms with E-state index in [1.54, 1.807) is 36.4 Å². The number of rotatable bonds is 10. The molecule has 4 aromatic rings. The number of benzene rings is 4. The molecule has 0 radical (unpaired) electrons. The first-order chi connectivity index (χ1) is 18.0. The Kier molecular flexibility index (Phi) is 8.00. The second-order valence-electron chi connectivity index (χ2n) is 8.66. The predicted molar refractivity (Wildman–Crippen MR) is 148 cm³/mol. The molecular formula is C27H27N3O6S2. The highest BCUT2D eigenvalue weighted by Crippen LogP contribution is 2.26. The highest BCUT2D eigenvalue weighted by Gasteiger charge is 2.16. The molecule has 9 nitrogen and oxygen atoms in total. The molecule has 0 heterocycles. The van der Waals surface area contributed by atoms with Gasteiger partial charge in [-0.25, -0.2) is 21.1 Å². The molecule has 0 aliphatic carbocycles. The van der Waals surface area contributed by atoms with E-state index in [9.17, 15) is 21.6 Å². The van der Waals surface area contributed by atoms with Gasteiger partial charge in [0.2, 0.25) is 10.0 Å². The van der Waals surface area contributed by atoms with E-state index in [4.69, 9.17) is 4.74 Å². The van der Waals surface area contributed by atoms with Crippen LogP contribution in [0.3, 0.4) is 0 Å². The summed E-state index contributed by atoms with van der Waals surface area (Å²) in [5, 5.41) is 4.38. The van der Waals surface area contributed by atoms with Crippen molar-refractivity contribution in [2.75, 3.05) is 29.9 Å². The molecule has 198 valence electrons. The Hall–Kier alpha value is -3.93. The minimum Gasteiger partial charge on any atom is -0.484 e. The van der Waals surface area contributed by atoms with Gasteiger partial charge in [-0.2, -0.15) is 0 Å². The summed E-state index contributed by atoms with van der Waals surface area (Å²) in [4.78, 5) is 12.4. The first-order valence-corrected chi connectivity index (χ1v) is 14.9. The smallest absolute Gasteiger partial charge is 0.262 e. The molecular weight excluding hydrogens is 526 g/mol. The van der Waals surface area contributed by atoms with E-state index in [1.807, 2.05) is 30.3 Å². The van der Waals surface area contributed by atoms with Crippen molar-refractivity contribution in [2.24, 2.45) is 0 Å². The lowest BCUT2D eigenvalue weighted by atomic mass is 10.1. The second-order valence-corrected chi connectivity index (χ2v) is 12.4. The van der Waals surface area contributed by atoms with Crippen LogP contribution < -0.4 is 14.8 Å². The van der Waals surface area contributed by atoms with Gasteiger partial charge >= 0.3 is 0 Å². The van der Waals surface area contributed by atoms with Crippen molar-refractivity contribution in [3.63, 3.8) is 0 Å². The van der Waals surface area contributed by atoms with Crippen molar-refractivity contribution in [3.05, 3.63) is 96.6 Å². The minimum absolute atomic E-state index is 0.0568. The Morgan fingerprint density at radius 2 is 1.50 bits per heavy atom. The highest BCUT2D eigenvalue weighted by molar-refractivity contribution is 7.92. The summed E-state index contributed by atoms with van der Waals surface area (Å²) >= 11 is 0. The van der Waals surface area contributed by atoms with Crippen LogP contribution in [0.15, 0.2) is 95.9 Å². The lowest BCUT2D eigenvalue weighted by Gasteiger charge is -2.14. The van der Waals surface area contributed by atoms with Gasteiger partial charge in [-0.3, -0.25) is 9.52 Å². The average molecular weight is 554 g/mol. The van der Waals surface area contributed by atoms with Gasteiger partial charge in [0.15, 0.2) is 6.61 Å². The van der Waals surface area contributed by atoms with Gasteiger partial charge in [0.1, 0.15) is 5.75 Å². The Bertz CT molecular complexity index is 1650. The maximum atomic E-state index is 12.9. The molecule has 0 aliphatic rings. The van der Waals surface area contributed by atoms with E-state index >= 15 is 0 Å². The molecule has 4 rings (SSSR count). The topological polar surface area (TPSA) is 122 Å². The number of nitrogens with one attached hydrogen (secondary N) is 2. The van der Waals surface area contributed by atoms with Crippen LogP contribution in [0, 0.1) is 0 Å². The van der Waals surface area contributed by atoms with Crippen LogP contribution in [0.4, 0.5) is 11.4 Å². The number of amides is 1. The number of hydrogen-bond donors (Lipinski definition) is 2. The lowest BCUT2D eigenvalue weighted by Crippen LogP contribution is -2.24. The van der Waals surface area contributed by atoms with Crippen LogP contribution in [0.5, 0.6) is 5.75 Å². The lowest BCUT2D eigenvalue weighted by molar-refractivity contribution is -0.118. The Morgan fingerprint density at radius 1 is 0.842 bits per heavy atom. The number of hydrogen-bond acceptors (Lipinski definition) is 6. The molecule has 11 heteroatoms. The van der Waals surface area contributed by atoms with Crippen LogP contribution in [0.1, 0.15) is 5.56 Å². The van der Waals surface area contributed by atoms with E-state index in [0.717, 1.165) is 22.6 Å². The number of nitrogens with zero attached hydrogens (tertiary/aromatic N) is 1. The van der Waals surface area contributed by atoms with Gasteiger partial charge in [0.25, 0.3) is 15.9 Å². The number of fused-ring (bicyclic) bond motifs is 1. The maximum absolute atomic E-state index is 12.9. The molecule has 0 bridgehead atoms. The highest BCUT2D eigenvalue weighted by atomic mass is 32.2. The van der Waals surface area contributed by atoms with Crippen molar-refractivity contribution < 1.29 is 26.4 Å². The van der Waals surface area contributed by atoms with Gasteiger partial charge in [-0.05, 0) is 53.4 Å². The molecule has 0 fully saturated rings. The quantitative estimate of drug-likeness (QED) is 0.306. The SMILES string of the molecule is CN(Cc1ccc(OCC(=O)Nc2ccc(S(=O)(=O)Nc3cccc4ccccc34)cc2)cc1)S(C)(=O)=O. The largest absolute Gasteiger partial charge is 0.484 e. The number of sulfonamides is 2. The fourth-order valence-electron chi connectivity index (χ4n) is 3.65. The van der Waals surface area contributed by atoms with Gasteiger partial charge in [-0.15, -0.1) is 0 Å². The molecule has 0 saturated carbocycles. The molecule has 0 aliphatic heterocycles. The molecule has 0 atom stereocenters. The summed E-state index contributed by atoms with van der Waals surface area (Å²) in [7, 11) is -5.63. The molecule has 2 N–H and O–H groups in total. The van der Waals surface area contributed by atoms with E-state index in [2.05, 4.69) is 10.0 Å². The van der Waals surface area contributed by atoms with Crippen LogP contribution in [0.25, 0.3) is 10.8 Å². The fraction of sp³-hybridized carbons (Fsp3) is 0.148. The van der Waals surface area contributed by atoms with Crippen molar-refractivity contribution >= 4 is 48.1 Å². The van der Waals surface area contributed by atoms with Gasteiger partial charge in [0.05, 0.1) is 16.8 Å². The summed E-state index contributed by atoms with van der Waals surface area (Å²) < 4.78 is 58.3. The van der Waals surface area contributed by atoms with E-state index in [-0.39, 0.29) is 18.0 Å². The van der Waals surface area contributed by atoms with Crippen LogP contribution in [0.2, 0.25) is 0 Å². The summed E-state index contributed by atoms with van der Waals surface area (Å²) in [6, 6.07) is 25.5. The second kappa shape index (κ2) is 11.2. The number of carbonyl (C=O) groups is 1. The summed E-state index contributed by atoms with van der Waals surface area (Å²) in [5.41, 5.74) is 1.68. The normalized spacial score (nSPS) is 11.9. The average Bonchev–Trinajstić information content (AvgIpc) is 2.88. The van der Waals surface area contributed by atoms with Crippen molar-refractivity contribution in [3.8, 4) is 5.75 Å². The summed E-state index contributed by atoms with van der Waals surface area (Å²) in [6.07, 6.45) is 1.14. The number of carbonyl (C=O) groups excluding carboxylic acids is 1. The monoisotopic (exact) mass is 553 g/mol. The molecule has 0 saturated heterocycles. The first-order valence-electron chi connectivity index (χ1n) is 11.5. The predicted octanol–water partition coefficient (Wildman–Crippen LogP) is 4.05. The Labute approximate surface area is 222 Å². The minimum atomic E-state index is -3.84. The fourth-order valence-corrected chi connectivity index (χ4v) is 5.11. The van der Waals surface area contributed by atoms with E-state index in [0.29, 0.717) is 17.1 Å². The van der Waals surface area contributed by atoms with E-state index in [1.165, 1.54) is 35.6 Å². The number of ether oxygens (including phenoxy) is 1.